The van der Waals surface area contributed by atoms with E-state index in [2.05, 4.69) is 29.9 Å². The summed E-state index contributed by atoms with van der Waals surface area (Å²) in [7, 11) is 0. The summed E-state index contributed by atoms with van der Waals surface area (Å²) in [4.78, 5) is 69.5. The standard InChI is InChI=1S/C23H12F6N4O2.C23H13F6N3O4.C22H12ClF6N3O2/c24-13-6-18(25)16(19(26)7-13)10-33-11-32-21(34)15-8-14(1-2-20(15)33)35-22-17(23(27,28)29)5-12(3-4-30)9-31-22;24-12-5-17(25)15(18(26)6-12)9-32-10-31-21(35)14-7-13(1-2-19(14)32)36-22-16(23(27,28)29)3-11(8-30-22)4-20(33)34;23-7-11-3-16(22(27,28)29)21(30-8-11)34-13-1-2-19-14(6-13)20(33)31-10-32(19)9-15-17(25)4-12(24)5-18(15)26/h1-2,5-9,11H,3,10H2;1-3,5-8,10H,4,9H2,(H,33,34);1-6,8,10H,7,9H2. The first-order valence-corrected chi connectivity index (χ1v) is 29.8. The first kappa shape index (κ1) is 75.2. The maximum absolute atomic E-state index is 14.1. The first-order chi connectivity index (χ1) is 49.5. The normalized spacial score (nSPS) is 11.6. The number of hydrogen-bond donors (Lipinski definition) is 1. The van der Waals surface area contributed by atoms with Crippen molar-refractivity contribution < 1.29 is 103 Å². The van der Waals surface area contributed by atoms with E-state index in [0.717, 1.165) is 67.9 Å². The number of hydrogen-bond acceptors (Lipinski definition) is 14. The number of nitrogens with zero attached hydrogens (tertiary/aromatic N) is 10. The van der Waals surface area contributed by atoms with Crippen LogP contribution in [0.5, 0.6) is 34.9 Å². The second-order valence-corrected chi connectivity index (χ2v) is 22.3. The monoisotopic (exact) mass is 1500 g/mol. The molecule has 1 N–H and O–H groups in total. The Kier molecular flexibility index (Phi) is 22.0. The van der Waals surface area contributed by atoms with Crippen molar-refractivity contribution in [2.24, 2.45) is 0 Å². The molecule has 0 radical (unpaired) electrons. The third-order valence-corrected chi connectivity index (χ3v) is 15.2. The van der Waals surface area contributed by atoms with Gasteiger partial charge in [0.25, 0.3) is 16.7 Å². The molecule has 0 saturated heterocycles. The van der Waals surface area contributed by atoms with Crippen molar-refractivity contribution in [1.29, 1.82) is 5.26 Å². The van der Waals surface area contributed by atoms with Gasteiger partial charge in [-0.3, -0.25) is 19.2 Å². The van der Waals surface area contributed by atoms with E-state index in [-0.39, 0.29) is 78.9 Å². The van der Waals surface area contributed by atoms with Crippen molar-refractivity contribution in [3.8, 4) is 41.0 Å². The Hall–Kier alpha value is -12.4. The molecule has 0 bridgehead atoms. The topological polar surface area (TPSA) is 232 Å². The molecule has 0 fully saturated rings. The maximum Gasteiger partial charge on any atom is 0.421 e. The number of carboxylic acids is 1. The van der Waals surface area contributed by atoms with Crippen molar-refractivity contribution >= 4 is 50.3 Å². The fourth-order valence-corrected chi connectivity index (χ4v) is 10.2. The summed E-state index contributed by atoms with van der Waals surface area (Å²) >= 11 is 5.59. The number of benzene rings is 6. The van der Waals surface area contributed by atoms with Gasteiger partial charge in [-0.2, -0.15) is 59.7 Å². The molecule has 0 atom stereocenters. The molecule has 6 heterocycles. The van der Waals surface area contributed by atoms with Crippen molar-refractivity contribution in [1.82, 2.24) is 43.6 Å². The number of halogens is 19. The maximum atomic E-state index is 14.1. The molecule has 18 nitrogen and oxygen atoms in total. The summed E-state index contributed by atoms with van der Waals surface area (Å²) in [5, 5.41) is 17.2. The zero-order valence-electron chi connectivity index (χ0n) is 52.1. The molecule has 540 valence electrons. The van der Waals surface area contributed by atoms with Crippen LogP contribution in [0.25, 0.3) is 32.7 Å². The van der Waals surface area contributed by atoms with Gasteiger partial charge in [-0.05, 0) is 89.5 Å². The van der Waals surface area contributed by atoms with Crippen LogP contribution in [0.3, 0.4) is 0 Å². The van der Waals surface area contributed by atoms with Gasteiger partial charge in [-0.1, -0.05) is 0 Å². The highest BCUT2D eigenvalue weighted by molar-refractivity contribution is 6.17. The molecule has 0 unspecified atom stereocenters. The van der Waals surface area contributed by atoms with Gasteiger partial charge in [0.15, 0.2) is 0 Å². The van der Waals surface area contributed by atoms with Gasteiger partial charge in [0.1, 0.15) is 86.3 Å². The molecule has 0 aliphatic rings. The number of rotatable bonds is 16. The van der Waals surface area contributed by atoms with Crippen LogP contribution in [0.2, 0.25) is 0 Å². The number of aromatic nitrogens is 9. The summed E-state index contributed by atoms with van der Waals surface area (Å²) in [6.45, 7) is -1.34. The van der Waals surface area contributed by atoms with Crippen molar-refractivity contribution in [3.63, 3.8) is 0 Å². The van der Waals surface area contributed by atoms with Crippen LogP contribution in [0.1, 0.15) is 50.1 Å². The number of nitriles is 1. The molecule has 37 heteroatoms. The largest absolute Gasteiger partial charge is 0.481 e. The Bertz CT molecular complexity index is 5570. The first-order valence-electron chi connectivity index (χ1n) is 29.3. The average molecular weight is 1500 g/mol. The molecule has 0 amide bonds. The number of pyridine rings is 3. The quantitative estimate of drug-likeness (QED) is 0.0700. The highest BCUT2D eigenvalue weighted by atomic mass is 35.5. The van der Waals surface area contributed by atoms with Crippen LogP contribution in [0, 0.1) is 63.7 Å². The zero-order chi connectivity index (χ0) is 76.1. The third-order valence-electron chi connectivity index (χ3n) is 14.8. The van der Waals surface area contributed by atoms with Crippen molar-refractivity contribution in [3.05, 3.63) is 280 Å². The molecular weight excluding hydrogens is 1460 g/mol. The lowest BCUT2D eigenvalue weighted by atomic mass is 10.1. The van der Waals surface area contributed by atoms with E-state index in [1.807, 2.05) is 0 Å². The number of aliphatic carboxylic acids is 1. The SMILES string of the molecule is N#CCc1cnc(Oc2ccc3c(c2)c(=O)ncn3Cc2c(F)cc(F)cc2F)c(C(F)(F)F)c1.O=C(O)Cc1cnc(Oc2ccc3c(c2)c(=O)ncn3Cc2c(F)cc(F)cc2F)c(C(F)(F)F)c1.O=c1ncn(Cc2c(F)cc(F)cc2F)c2ccc(Oc3ncc(CCl)cc3C(F)(F)F)cc12. The van der Waals surface area contributed by atoms with Gasteiger partial charge in [-0.15, -0.1) is 11.6 Å². The molecule has 0 aliphatic heterocycles. The smallest absolute Gasteiger partial charge is 0.421 e. The van der Waals surface area contributed by atoms with E-state index < -0.39 is 171 Å². The minimum Gasteiger partial charge on any atom is -0.481 e. The lowest BCUT2D eigenvalue weighted by Gasteiger charge is -2.15. The van der Waals surface area contributed by atoms with E-state index in [0.29, 0.717) is 42.5 Å². The summed E-state index contributed by atoms with van der Waals surface area (Å²) in [5.74, 6) is -14.7. The Morgan fingerprint density at radius 3 is 1.00 bits per heavy atom. The molecule has 12 aromatic rings. The summed E-state index contributed by atoms with van der Waals surface area (Å²) in [6.07, 6.45) is -9.32. The van der Waals surface area contributed by atoms with Crippen LogP contribution in [0.4, 0.5) is 79.0 Å². The molecule has 105 heavy (non-hydrogen) atoms. The number of carbonyl (C=O) groups is 1. The Balaban J connectivity index is 0.000000169. The molecule has 6 aromatic carbocycles. The van der Waals surface area contributed by atoms with Gasteiger partial charge < -0.3 is 33.0 Å². The molecule has 0 saturated carbocycles. The Morgan fingerprint density at radius 2 is 0.714 bits per heavy atom. The van der Waals surface area contributed by atoms with E-state index in [4.69, 9.17) is 36.2 Å². The number of fused-ring (bicyclic) bond motifs is 3. The van der Waals surface area contributed by atoms with E-state index >= 15 is 0 Å². The predicted molar refractivity (Wildman–Crippen MR) is 332 cm³/mol. The van der Waals surface area contributed by atoms with Crippen molar-refractivity contribution in [2.45, 2.75) is 56.9 Å². The van der Waals surface area contributed by atoms with Gasteiger partial charge in [0.2, 0.25) is 17.6 Å². The third kappa shape index (κ3) is 17.7. The summed E-state index contributed by atoms with van der Waals surface area (Å²) in [5.41, 5.74) is -7.05. The van der Waals surface area contributed by atoms with Crippen LogP contribution < -0.4 is 30.9 Å². The number of alkyl halides is 10. The van der Waals surface area contributed by atoms with Crippen molar-refractivity contribution in [2.75, 3.05) is 0 Å². The molecule has 6 aromatic heterocycles. The fraction of sp³-hybridized carbons (Fsp3) is 0.132. The lowest BCUT2D eigenvalue weighted by Crippen LogP contribution is -2.15. The van der Waals surface area contributed by atoms with E-state index in [1.54, 1.807) is 6.07 Å². The second kappa shape index (κ2) is 30.6. The minimum absolute atomic E-state index is 0.0398. The second-order valence-electron chi connectivity index (χ2n) is 22.0. The van der Waals surface area contributed by atoms with Gasteiger partial charge in [-0.25, -0.2) is 54.5 Å². The highest BCUT2D eigenvalue weighted by Crippen LogP contribution is 2.41. The summed E-state index contributed by atoms with van der Waals surface area (Å²) < 4.78 is 265. The zero-order valence-corrected chi connectivity index (χ0v) is 52.8. The van der Waals surface area contributed by atoms with Crippen LogP contribution in [0.15, 0.2) is 161 Å². The molecule has 12 rings (SSSR count). The van der Waals surface area contributed by atoms with Gasteiger partial charge in [0, 0.05) is 77.6 Å². The van der Waals surface area contributed by atoms with E-state index in [9.17, 15) is 98.2 Å². The fourth-order valence-electron chi connectivity index (χ4n) is 10.0. The Morgan fingerprint density at radius 1 is 0.429 bits per heavy atom. The minimum atomic E-state index is -4.93. The lowest BCUT2D eigenvalue weighted by molar-refractivity contribution is -0.140. The van der Waals surface area contributed by atoms with Crippen LogP contribution in [-0.2, 0) is 61.7 Å². The number of ether oxygens (including phenoxy) is 3. The van der Waals surface area contributed by atoms with E-state index in [1.165, 1.54) is 50.1 Å². The average Bonchev–Trinajstić information content (AvgIpc) is 0.789. The van der Waals surface area contributed by atoms with Gasteiger partial charge >= 0.3 is 24.5 Å². The number of carboxylic acid groups (broad SMARTS) is 1. The van der Waals surface area contributed by atoms with Crippen LogP contribution in [-0.4, -0.2) is 54.7 Å². The molecule has 0 spiro atoms. The highest BCUT2D eigenvalue weighted by Gasteiger charge is 2.39. The molecular formula is C68H37ClF18N10O8. The Labute approximate surface area is 578 Å². The summed E-state index contributed by atoms with van der Waals surface area (Å²) in [6, 6.07) is 17.8. The van der Waals surface area contributed by atoms with Gasteiger partial charge in [0.05, 0.1) is 90.2 Å². The molecule has 0 aliphatic carbocycles. The predicted octanol–water partition coefficient (Wildman–Crippen LogP) is 15.6. The van der Waals surface area contributed by atoms with Crippen LogP contribution >= 0.6 is 11.6 Å².